The van der Waals surface area contributed by atoms with E-state index in [2.05, 4.69) is 25.7 Å². The van der Waals surface area contributed by atoms with E-state index in [0.717, 1.165) is 11.3 Å². The van der Waals surface area contributed by atoms with Gasteiger partial charge < -0.3 is 10.4 Å². The molecule has 1 aromatic heterocycles. The van der Waals surface area contributed by atoms with E-state index in [9.17, 15) is 5.11 Å². The van der Waals surface area contributed by atoms with Crippen LogP contribution in [0.15, 0.2) is 30.2 Å². The molecule has 0 fully saturated rings. The quantitative estimate of drug-likeness (QED) is 0.732. The lowest BCUT2D eigenvalue weighted by molar-refractivity contribution is 0.0561. The minimum Gasteiger partial charge on any atom is -0.383 e. The predicted octanol–water partition coefficient (Wildman–Crippen LogP) is 3.15. The van der Waals surface area contributed by atoms with E-state index in [1.807, 2.05) is 30.5 Å². The van der Waals surface area contributed by atoms with Crippen LogP contribution in [0.1, 0.15) is 32.1 Å². The van der Waals surface area contributed by atoms with E-state index in [1.165, 1.54) is 0 Å². The summed E-state index contributed by atoms with van der Waals surface area (Å²) in [6.45, 7) is 10.5. The summed E-state index contributed by atoms with van der Waals surface area (Å²) < 4.78 is 0. The van der Waals surface area contributed by atoms with Crippen molar-refractivity contribution in [3.05, 3.63) is 35.0 Å². The molecule has 2 N–H and O–H groups in total. The molecule has 1 rings (SSSR count). The van der Waals surface area contributed by atoms with Crippen molar-refractivity contribution in [2.24, 2.45) is 5.92 Å². The summed E-state index contributed by atoms with van der Waals surface area (Å²) >= 11 is 1.59. The van der Waals surface area contributed by atoms with Gasteiger partial charge in [-0.2, -0.15) is 0 Å². The third-order valence-corrected chi connectivity index (χ3v) is 4.34. The SMILES string of the molecule is C=CC[C@H](C)[C@@H](C)NC[C@@](C)(O)c1cccs1. The molecule has 0 spiro atoms. The van der Waals surface area contributed by atoms with Crippen LogP contribution in [0, 0.1) is 5.92 Å². The Morgan fingerprint density at radius 2 is 2.29 bits per heavy atom. The second-order valence-corrected chi connectivity index (χ2v) is 5.87. The maximum Gasteiger partial charge on any atom is 0.108 e. The van der Waals surface area contributed by atoms with Crippen molar-refractivity contribution in [2.45, 2.75) is 38.8 Å². The molecule has 0 aromatic carbocycles. The van der Waals surface area contributed by atoms with Crippen LogP contribution in [-0.4, -0.2) is 17.7 Å². The topological polar surface area (TPSA) is 32.3 Å². The van der Waals surface area contributed by atoms with Crippen molar-refractivity contribution in [3.63, 3.8) is 0 Å². The van der Waals surface area contributed by atoms with Gasteiger partial charge in [-0.25, -0.2) is 0 Å². The lowest BCUT2D eigenvalue weighted by atomic mass is 9.98. The Hall–Kier alpha value is -0.640. The molecule has 0 radical (unpaired) electrons. The minimum atomic E-state index is -0.781. The van der Waals surface area contributed by atoms with Gasteiger partial charge in [0.25, 0.3) is 0 Å². The zero-order valence-corrected chi connectivity index (χ0v) is 11.8. The van der Waals surface area contributed by atoms with Gasteiger partial charge in [-0.15, -0.1) is 17.9 Å². The molecule has 3 atom stereocenters. The average Bonchev–Trinajstić information content (AvgIpc) is 2.80. The molecule has 0 unspecified atom stereocenters. The molecule has 1 aromatic rings. The van der Waals surface area contributed by atoms with Crippen molar-refractivity contribution >= 4 is 11.3 Å². The number of allylic oxidation sites excluding steroid dienone is 1. The molecular weight excluding hydrogens is 230 g/mol. The smallest absolute Gasteiger partial charge is 0.108 e. The van der Waals surface area contributed by atoms with Crippen LogP contribution >= 0.6 is 11.3 Å². The fourth-order valence-electron chi connectivity index (χ4n) is 1.70. The molecule has 17 heavy (non-hydrogen) atoms. The summed E-state index contributed by atoms with van der Waals surface area (Å²) in [7, 11) is 0. The average molecular weight is 253 g/mol. The van der Waals surface area contributed by atoms with Gasteiger partial charge in [0.05, 0.1) is 0 Å². The number of aliphatic hydroxyl groups is 1. The fraction of sp³-hybridized carbons (Fsp3) is 0.571. The second-order valence-electron chi connectivity index (χ2n) is 4.92. The number of hydrogen-bond donors (Lipinski definition) is 2. The first-order valence-corrected chi connectivity index (χ1v) is 6.96. The van der Waals surface area contributed by atoms with Gasteiger partial charge in [-0.1, -0.05) is 19.1 Å². The van der Waals surface area contributed by atoms with Crippen LogP contribution in [-0.2, 0) is 5.60 Å². The molecule has 0 aliphatic rings. The highest BCUT2D eigenvalue weighted by atomic mass is 32.1. The van der Waals surface area contributed by atoms with Gasteiger partial charge in [0, 0.05) is 17.5 Å². The van der Waals surface area contributed by atoms with Crippen molar-refractivity contribution < 1.29 is 5.11 Å². The van der Waals surface area contributed by atoms with Crippen molar-refractivity contribution in [1.29, 1.82) is 0 Å². The molecule has 0 bridgehead atoms. The zero-order valence-electron chi connectivity index (χ0n) is 10.9. The van der Waals surface area contributed by atoms with E-state index in [0.29, 0.717) is 18.5 Å². The van der Waals surface area contributed by atoms with Crippen LogP contribution in [0.5, 0.6) is 0 Å². The summed E-state index contributed by atoms with van der Waals surface area (Å²) in [6, 6.07) is 4.32. The van der Waals surface area contributed by atoms with Crippen molar-refractivity contribution in [2.75, 3.05) is 6.54 Å². The summed E-state index contributed by atoms with van der Waals surface area (Å²) in [6.07, 6.45) is 2.94. The normalized spacial score (nSPS) is 18.4. The molecule has 0 amide bonds. The van der Waals surface area contributed by atoms with Gasteiger partial charge in [0.2, 0.25) is 0 Å². The summed E-state index contributed by atoms with van der Waals surface area (Å²) in [4.78, 5) is 1.01. The Morgan fingerprint density at radius 1 is 1.59 bits per heavy atom. The zero-order chi connectivity index (χ0) is 12.9. The van der Waals surface area contributed by atoms with Gasteiger partial charge in [-0.3, -0.25) is 0 Å². The Morgan fingerprint density at radius 3 is 2.82 bits per heavy atom. The Kier molecular flexibility index (Phi) is 5.37. The van der Waals surface area contributed by atoms with E-state index in [1.54, 1.807) is 11.3 Å². The first-order chi connectivity index (χ1) is 7.97. The number of nitrogens with one attached hydrogen (secondary N) is 1. The highest BCUT2D eigenvalue weighted by Gasteiger charge is 2.25. The molecule has 2 nitrogen and oxygen atoms in total. The molecule has 0 aliphatic carbocycles. The Balaban J connectivity index is 2.47. The van der Waals surface area contributed by atoms with Gasteiger partial charge in [0.15, 0.2) is 0 Å². The maximum atomic E-state index is 10.4. The van der Waals surface area contributed by atoms with Crippen LogP contribution in [0.25, 0.3) is 0 Å². The van der Waals surface area contributed by atoms with Crippen molar-refractivity contribution in [3.8, 4) is 0 Å². The molecule has 0 saturated carbocycles. The van der Waals surface area contributed by atoms with Gasteiger partial charge in [-0.05, 0) is 37.6 Å². The number of thiophene rings is 1. The Bertz CT molecular complexity index is 332. The standard InChI is InChI=1S/C14H23NOS/c1-5-7-11(2)12(3)15-10-14(4,16)13-8-6-9-17-13/h5-6,8-9,11-12,15-16H,1,7,10H2,2-4H3/t11-,12+,14+/m0/s1. The summed E-state index contributed by atoms with van der Waals surface area (Å²) in [5, 5.41) is 15.8. The lowest BCUT2D eigenvalue weighted by Gasteiger charge is -2.27. The van der Waals surface area contributed by atoms with E-state index >= 15 is 0 Å². The first kappa shape index (κ1) is 14.4. The largest absolute Gasteiger partial charge is 0.383 e. The number of rotatable bonds is 7. The third kappa shape index (κ3) is 4.26. The Labute approximate surface area is 108 Å². The highest BCUT2D eigenvalue weighted by molar-refractivity contribution is 7.10. The maximum absolute atomic E-state index is 10.4. The van der Waals surface area contributed by atoms with Crippen molar-refractivity contribution in [1.82, 2.24) is 5.32 Å². The van der Waals surface area contributed by atoms with Crippen LogP contribution in [0.2, 0.25) is 0 Å². The van der Waals surface area contributed by atoms with E-state index < -0.39 is 5.60 Å². The fourth-order valence-corrected chi connectivity index (χ4v) is 2.49. The van der Waals surface area contributed by atoms with E-state index in [-0.39, 0.29) is 0 Å². The summed E-state index contributed by atoms with van der Waals surface area (Å²) in [5.41, 5.74) is -0.781. The van der Waals surface area contributed by atoms with Gasteiger partial charge in [0.1, 0.15) is 5.60 Å². The van der Waals surface area contributed by atoms with Crippen LogP contribution in [0.4, 0.5) is 0 Å². The molecule has 96 valence electrons. The second kappa shape index (κ2) is 6.34. The minimum absolute atomic E-state index is 0.374. The molecular formula is C14H23NOS. The number of hydrogen-bond acceptors (Lipinski definition) is 3. The highest BCUT2D eigenvalue weighted by Crippen LogP contribution is 2.24. The predicted molar refractivity (Wildman–Crippen MR) is 75.3 cm³/mol. The molecule has 0 aliphatic heterocycles. The first-order valence-electron chi connectivity index (χ1n) is 6.08. The third-order valence-electron chi connectivity index (χ3n) is 3.21. The monoisotopic (exact) mass is 253 g/mol. The molecule has 3 heteroatoms. The molecule has 0 saturated heterocycles. The summed E-state index contributed by atoms with van der Waals surface area (Å²) in [5.74, 6) is 0.534. The lowest BCUT2D eigenvalue weighted by Crippen LogP contribution is -2.41. The molecule has 1 heterocycles. The van der Waals surface area contributed by atoms with Crippen LogP contribution < -0.4 is 5.32 Å². The van der Waals surface area contributed by atoms with Gasteiger partial charge >= 0.3 is 0 Å². The van der Waals surface area contributed by atoms with E-state index in [4.69, 9.17) is 0 Å². The van der Waals surface area contributed by atoms with Crippen LogP contribution in [0.3, 0.4) is 0 Å².